The Labute approximate surface area is 158 Å². The lowest BCUT2D eigenvalue weighted by Gasteiger charge is -2.16. The van der Waals surface area contributed by atoms with E-state index in [2.05, 4.69) is 25.6 Å². The van der Waals surface area contributed by atoms with Gasteiger partial charge in [-0.2, -0.15) is 0 Å². The van der Waals surface area contributed by atoms with Crippen LogP contribution in [0.15, 0.2) is 24.8 Å². The van der Waals surface area contributed by atoms with Gasteiger partial charge in [0.2, 0.25) is 5.91 Å². The van der Waals surface area contributed by atoms with Crippen molar-refractivity contribution in [3.63, 3.8) is 0 Å². The number of anilines is 1. The van der Waals surface area contributed by atoms with Crippen molar-refractivity contribution in [2.45, 2.75) is 45.1 Å². The second-order valence-corrected chi connectivity index (χ2v) is 6.67. The number of hydrogen-bond donors (Lipinski definition) is 2. The summed E-state index contributed by atoms with van der Waals surface area (Å²) in [4.78, 5) is 24.9. The van der Waals surface area contributed by atoms with Gasteiger partial charge < -0.3 is 20.1 Å². The molecule has 146 valence electrons. The van der Waals surface area contributed by atoms with Gasteiger partial charge in [-0.1, -0.05) is 6.08 Å². The van der Waals surface area contributed by atoms with E-state index in [1.165, 1.54) is 12.4 Å². The first-order chi connectivity index (χ1) is 13.1. The highest BCUT2D eigenvalue weighted by molar-refractivity contribution is 6.02. The molecule has 1 aliphatic rings. The van der Waals surface area contributed by atoms with Crippen LogP contribution >= 0.6 is 0 Å². The second-order valence-electron chi connectivity index (χ2n) is 6.67. The highest BCUT2D eigenvalue weighted by Gasteiger charge is 2.28. The molecular weight excluding hydrogens is 348 g/mol. The minimum absolute atomic E-state index is 0.0631. The number of aromatic nitrogens is 4. The molecule has 0 bridgehead atoms. The molecule has 9 heteroatoms. The molecule has 27 heavy (non-hydrogen) atoms. The van der Waals surface area contributed by atoms with E-state index in [0.717, 1.165) is 12.8 Å². The van der Waals surface area contributed by atoms with Gasteiger partial charge in [-0.15, -0.1) is 0 Å². The number of likely N-dealkylation sites (N-methyl/N-ethyl adjacent to an activating group) is 1. The number of hydrogen-bond acceptors (Lipinski definition) is 7. The van der Waals surface area contributed by atoms with Crippen LogP contribution in [0.1, 0.15) is 32.9 Å². The van der Waals surface area contributed by atoms with Crippen molar-refractivity contribution in [1.29, 1.82) is 0 Å². The number of rotatable bonds is 8. The average Bonchev–Trinajstić information content (AvgIpc) is 3.27. The summed E-state index contributed by atoms with van der Waals surface area (Å²) < 4.78 is 13.6. The maximum absolute atomic E-state index is 12.0. The summed E-state index contributed by atoms with van der Waals surface area (Å²) >= 11 is 0. The maximum Gasteiger partial charge on any atom is 0.249 e. The van der Waals surface area contributed by atoms with Gasteiger partial charge in [0.1, 0.15) is 12.6 Å². The van der Waals surface area contributed by atoms with Crippen LogP contribution in [0.25, 0.3) is 11.2 Å². The largest absolute Gasteiger partial charge is 0.376 e. The zero-order valence-corrected chi connectivity index (χ0v) is 15.9. The Balaban J connectivity index is 1.71. The van der Waals surface area contributed by atoms with Crippen LogP contribution in [0.2, 0.25) is 0 Å². The number of nitrogens with zero attached hydrogens (tertiary/aromatic N) is 4. The quantitative estimate of drug-likeness (QED) is 0.677. The van der Waals surface area contributed by atoms with Crippen molar-refractivity contribution >= 4 is 22.9 Å². The van der Waals surface area contributed by atoms with E-state index in [4.69, 9.17) is 9.47 Å². The molecule has 0 radical (unpaired) electrons. The molecule has 0 aliphatic carbocycles. The number of imidazole rings is 1. The van der Waals surface area contributed by atoms with E-state index in [0.29, 0.717) is 30.1 Å². The van der Waals surface area contributed by atoms with Gasteiger partial charge in [0, 0.05) is 12.6 Å². The lowest BCUT2D eigenvalue weighted by atomic mass is 10.2. The molecule has 0 saturated carbocycles. The van der Waals surface area contributed by atoms with E-state index in [-0.39, 0.29) is 24.3 Å². The molecule has 1 amide bonds. The number of fused-ring (bicyclic) bond motifs is 1. The zero-order valence-electron chi connectivity index (χ0n) is 15.9. The topological polar surface area (TPSA) is 103 Å². The summed E-state index contributed by atoms with van der Waals surface area (Å²) in [5.41, 5.74) is 1.17. The first-order valence-corrected chi connectivity index (χ1v) is 9.15. The Morgan fingerprint density at radius 3 is 3.04 bits per heavy atom. The number of carbonyl (C=O) groups is 1. The molecule has 2 aromatic heterocycles. The molecule has 2 N–H and O–H groups in total. The maximum atomic E-state index is 12.0. The van der Waals surface area contributed by atoms with E-state index < -0.39 is 0 Å². The highest BCUT2D eigenvalue weighted by atomic mass is 16.6. The Hall–Kier alpha value is -2.36. The Morgan fingerprint density at radius 2 is 2.26 bits per heavy atom. The van der Waals surface area contributed by atoms with Crippen LogP contribution in [-0.2, 0) is 14.3 Å². The minimum atomic E-state index is -0.261. The van der Waals surface area contributed by atoms with Crippen LogP contribution in [0.4, 0.5) is 5.82 Å². The van der Waals surface area contributed by atoms with Crippen molar-refractivity contribution in [2.24, 2.45) is 0 Å². The van der Waals surface area contributed by atoms with Crippen molar-refractivity contribution < 1.29 is 14.3 Å². The molecule has 9 nitrogen and oxygen atoms in total. The molecule has 0 spiro atoms. The summed E-state index contributed by atoms with van der Waals surface area (Å²) in [6.07, 6.45) is 8.17. The van der Waals surface area contributed by atoms with Gasteiger partial charge in [0.15, 0.2) is 17.0 Å². The normalized spacial score (nSPS) is 20.1. The third-order valence-electron chi connectivity index (χ3n) is 4.20. The van der Waals surface area contributed by atoms with Crippen molar-refractivity contribution in [3.8, 4) is 0 Å². The molecule has 3 rings (SSSR count). The number of amides is 1. The van der Waals surface area contributed by atoms with E-state index in [9.17, 15) is 4.79 Å². The molecule has 2 aromatic rings. The predicted molar refractivity (Wildman–Crippen MR) is 101 cm³/mol. The van der Waals surface area contributed by atoms with Crippen LogP contribution in [0.3, 0.4) is 0 Å². The summed E-state index contributed by atoms with van der Waals surface area (Å²) in [7, 11) is 1.81. The first-order valence-electron chi connectivity index (χ1n) is 9.15. The van der Waals surface area contributed by atoms with E-state index in [1.54, 1.807) is 12.4 Å². The number of carbonyl (C=O) groups excluding carboxylic acids is 1. The fourth-order valence-corrected chi connectivity index (χ4v) is 2.91. The molecule has 0 aromatic carbocycles. The van der Waals surface area contributed by atoms with Gasteiger partial charge in [-0.3, -0.25) is 9.36 Å². The Kier molecular flexibility index (Phi) is 6.49. The summed E-state index contributed by atoms with van der Waals surface area (Å²) in [6, 6.07) is 0. The summed E-state index contributed by atoms with van der Waals surface area (Å²) in [5.74, 6) is 0.123. The fraction of sp³-hybridized carbons (Fsp3) is 0.556. The standard InChI is InChI=1S/C18H26N6O3/c1-12(2)26-9-13-6-7-15(27-13)24-11-22-16-17(20-10-21-18(16)24)23-14(25)5-4-8-19-3/h4-5,10-13,15,19H,6-9H2,1-3H3,(H,20,21,23,25)/b5-4+. The third-order valence-corrected chi connectivity index (χ3v) is 4.20. The zero-order chi connectivity index (χ0) is 19.2. The smallest absolute Gasteiger partial charge is 0.249 e. The van der Waals surface area contributed by atoms with Crippen LogP contribution in [0, 0.1) is 0 Å². The van der Waals surface area contributed by atoms with Crippen molar-refractivity contribution in [1.82, 2.24) is 24.8 Å². The molecule has 2 atom stereocenters. The molecule has 2 unspecified atom stereocenters. The Morgan fingerprint density at radius 1 is 1.41 bits per heavy atom. The van der Waals surface area contributed by atoms with Gasteiger partial charge in [-0.25, -0.2) is 15.0 Å². The lowest BCUT2D eigenvalue weighted by Crippen LogP contribution is -2.19. The average molecular weight is 374 g/mol. The lowest BCUT2D eigenvalue weighted by molar-refractivity contribution is -0.111. The summed E-state index contributed by atoms with van der Waals surface area (Å²) in [5, 5.41) is 5.69. The SMILES string of the molecule is CNC/C=C/C(=O)Nc1ncnc2c1ncn2C1CCC(COC(C)C)O1. The molecule has 1 fully saturated rings. The highest BCUT2D eigenvalue weighted by Crippen LogP contribution is 2.31. The third kappa shape index (κ3) is 4.88. The van der Waals surface area contributed by atoms with E-state index in [1.807, 2.05) is 25.5 Å². The van der Waals surface area contributed by atoms with Gasteiger partial charge in [0.25, 0.3) is 0 Å². The molecule has 1 aliphatic heterocycles. The molecule has 1 saturated heterocycles. The first kappa shape index (κ1) is 19.4. The van der Waals surface area contributed by atoms with Crippen LogP contribution in [0.5, 0.6) is 0 Å². The summed E-state index contributed by atoms with van der Waals surface area (Å²) in [6.45, 7) is 5.21. The van der Waals surface area contributed by atoms with Crippen molar-refractivity contribution in [2.75, 3.05) is 25.5 Å². The molecular formula is C18H26N6O3. The minimum Gasteiger partial charge on any atom is -0.376 e. The Bertz CT molecular complexity index is 803. The van der Waals surface area contributed by atoms with Gasteiger partial charge >= 0.3 is 0 Å². The van der Waals surface area contributed by atoms with E-state index >= 15 is 0 Å². The van der Waals surface area contributed by atoms with Gasteiger partial charge in [0.05, 0.1) is 25.1 Å². The van der Waals surface area contributed by atoms with Crippen LogP contribution < -0.4 is 10.6 Å². The second kappa shape index (κ2) is 9.03. The molecule has 3 heterocycles. The van der Waals surface area contributed by atoms with Gasteiger partial charge in [-0.05, 0) is 33.7 Å². The van der Waals surface area contributed by atoms with Crippen molar-refractivity contribution in [3.05, 3.63) is 24.8 Å². The fourth-order valence-electron chi connectivity index (χ4n) is 2.91. The van der Waals surface area contributed by atoms with Crippen LogP contribution in [-0.4, -0.2) is 57.8 Å². The monoisotopic (exact) mass is 374 g/mol. The number of ether oxygens (including phenoxy) is 2. The predicted octanol–water partition coefficient (Wildman–Crippen LogP) is 1.64. The number of nitrogens with one attached hydrogen (secondary N) is 2.